The zero-order valence-corrected chi connectivity index (χ0v) is 12.2. The zero-order valence-electron chi connectivity index (χ0n) is 12.2. The number of alkyl halides is 3. The predicted octanol–water partition coefficient (Wildman–Crippen LogP) is 1.78. The highest BCUT2D eigenvalue weighted by atomic mass is 19.4. The quantitative estimate of drug-likeness (QED) is 0.916. The Bertz CT molecular complexity index is 454. The molecule has 0 aromatic heterocycles. The minimum absolute atomic E-state index is 0.206. The Morgan fingerprint density at radius 2 is 1.90 bits per heavy atom. The Labute approximate surface area is 122 Å². The van der Waals surface area contributed by atoms with Crippen LogP contribution in [0.5, 0.6) is 5.75 Å². The van der Waals surface area contributed by atoms with Crippen LogP contribution in [0.4, 0.5) is 13.2 Å². The van der Waals surface area contributed by atoms with Crippen molar-refractivity contribution in [3.63, 3.8) is 0 Å². The van der Waals surface area contributed by atoms with Crippen LogP contribution in [0, 0.1) is 0 Å². The van der Waals surface area contributed by atoms with Gasteiger partial charge in [-0.1, -0.05) is 6.07 Å². The number of quaternary nitrogens is 1. The van der Waals surface area contributed by atoms with Crippen LogP contribution >= 0.6 is 0 Å². The molecule has 1 aromatic rings. The third kappa shape index (κ3) is 4.89. The molecule has 2 rings (SSSR count). The van der Waals surface area contributed by atoms with Crippen molar-refractivity contribution in [1.82, 2.24) is 0 Å². The van der Waals surface area contributed by atoms with Gasteiger partial charge < -0.3 is 14.4 Å². The Morgan fingerprint density at radius 3 is 2.52 bits per heavy atom. The van der Waals surface area contributed by atoms with Crippen LogP contribution in [0.15, 0.2) is 24.3 Å². The third-order valence-electron chi connectivity index (χ3n) is 3.50. The summed E-state index contributed by atoms with van der Waals surface area (Å²) < 4.78 is 48.9. The Morgan fingerprint density at radius 1 is 1.24 bits per heavy atom. The van der Waals surface area contributed by atoms with Gasteiger partial charge in [0.25, 0.3) is 0 Å². The van der Waals surface area contributed by atoms with E-state index in [1.54, 1.807) is 6.07 Å². The van der Waals surface area contributed by atoms with Crippen molar-refractivity contribution in [1.29, 1.82) is 0 Å². The standard InChI is InChI=1S/C15H20F3NO2/c1-11-9-19(10-12(2)21-11)6-7-20-14-5-3-4-13(8-14)15(16,17)18/h3-5,8,11-12H,6-7,9-10H2,1-2H3/p+1. The summed E-state index contributed by atoms with van der Waals surface area (Å²) in [5.41, 5.74) is -0.680. The summed E-state index contributed by atoms with van der Waals surface area (Å²) in [6.45, 7) is 7.02. The number of morpholine rings is 1. The Hall–Kier alpha value is -1.27. The molecular formula is C15H21F3NO2+. The number of benzene rings is 1. The molecule has 1 aliphatic heterocycles. The molecule has 0 aliphatic carbocycles. The fourth-order valence-corrected chi connectivity index (χ4v) is 2.67. The van der Waals surface area contributed by atoms with E-state index in [4.69, 9.17) is 9.47 Å². The summed E-state index contributed by atoms with van der Waals surface area (Å²) >= 11 is 0. The first-order valence-corrected chi connectivity index (χ1v) is 7.13. The van der Waals surface area contributed by atoms with Crippen LogP contribution in [0.1, 0.15) is 19.4 Å². The first kappa shape index (κ1) is 16.1. The zero-order chi connectivity index (χ0) is 15.5. The van der Waals surface area contributed by atoms with Gasteiger partial charge in [0, 0.05) is 0 Å². The van der Waals surface area contributed by atoms with E-state index in [0.29, 0.717) is 6.61 Å². The molecule has 0 amide bonds. The highest BCUT2D eigenvalue weighted by molar-refractivity contribution is 5.30. The van der Waals surface area contributed by atoms with E-state index in [0.717, 1.165) is 31.8 Å². The maximum Gasteiger partial charge on any atom is 0.416 e. The van der Waals surface area contributed by atoms with E-state index >= 15 is 0 Å². The van der Waals surface area contributed by atoms with E-state index < -0.39 is 11.7 Å². The Balaban J connectivity index is 1.83. The van der Waals surface area contributed by atoms with Gasteiger partial charge in [-0.15, -0.1) is 0 Å². The molecule has 3 nitrogen and oxygen atoms in total. The molecular weight excluding hydrogens is 283 g/mol. The summed E-state index contributed by atoms with van der Waals surface area (Å²) in [7, 11) is 0. The number of ether oxygens (including phenoxy) is 2. The minimum Gasteiger partial charge on any atom is -0.488 e. The topological polar surface area (TPSA) is 22.9 Å². The summed E-state index contributed by atoms with van der Waals surface area (Å²) in [5.74, 6) is 0.263. The number of rotatable bonds is 4. The fraction of sp³-hybridized carbons (Fsp3) is 0.600. The molecule has 118 valence electrons. The molecule has 1 saturated heterocycles. The molecule has 0 saturated carbocycles. The molecule has 1 aromatic carbocycles. The van der Waals surface area contributed by atoms with E-state index in [9.17, 15) is 13.2 Å². The summed E-state index contributed by atoms with van der Waals surface area (Å²) in [5, 5.41) is 0. The number of halogens is 3. The minimum atomic E-state index is -4.33. The molecule has 0 bridgehead atoms. The highest BCUT2D eigenvalue weighted by Crippen LogP contribution is 2.31. The lowest BCUT2D eigenvalue weighted by Crippen LogP contribution is -3.16. The number of hydrogen-bond donors (Lipinski definition) is 1. The van der Waals surface area contributed by atoms with Crippen molar-refractivity contribution in [2.45, 2.75) is 32.2 Å². The normalized spacial score (nSPS) is 26.6. The summed E-state index contributed by atoms with van der Waals surface area (Å²) in [6.07, 6.45) is -3.92. The van der Waals surface area contributed by atoms with Crippen molar-refractivity contribution in [3.8, 4) is 5.75 Å². The molecule has 1 fully saturated rings. The molecule has 0 spiro atoms. The van der Waals surface area contributed by atoms with Gasteiger partial charge in [0.1, 0.15) is 44.2 Å². The van der Waals surface area contributed by atoms with Crippen molar-refractivity contribution in [2.24, 2.45) is 0 Å². The van der Waals surface area contributed by atoms with E-state index in [-0.39, 0.29) is 18.0 Å². The van der Waals surface area contributed by atoms with Gasteiger partial charge in [0.05, 0.1) is 5.56 Å². The molecule has 2 unspecified atom stereocenters. The van der Waals surface area contributed by atoms with Crippen LogP contribution in [-0.4, -0.2) is 38.4 Å². The fourth-order valence-electron chi connectivity index (χ4n) is 2.67. The van der Waals surface area contributed by atoms with Gasteiger partial charge in [-0.2, -0.15) is 13.2 Å². The van der Waals surface area contributed by atoms with Crippen molar-refractivity contribution in [3.05, 3.63) is 29.8 Å². The van der Waals surface area contributed by atoms with Gasteiger partial charge in [-0.05, 0) is 32.0 Å². The van der Waals surface area contributed by atoms with E-state index in [2.05, 4.69) is 0 Å². The smallest absolute Gasteiger partial charge is 0.416 e. The maximum absolute atomic E-state index is 12.6. The van der Waals surface area contributed by atoms with Crippen molar-refractivity contribution < 1.29 is 27.5 Å². The summed E-state index contributed by atoms with van der Waals surface area (Å²) in [6, 6.07) is 5.00. The van der Waals surface area contributed by atoms with Crippen LogP contribution < -0.4 is 9.64 Å². The van der Waals surface area contributed by atoms with Crippen LogP contribution in [0.25, 0.3) is 0 Å². The molecule has 1 N–H and O–H groups in total. The molecule has 1 heterocycles. The second kappa shape index (κ2) is 6.66. The Kier molecular flexibility index (Phi) is 5.11. The monoisotopic (exact) mass is 304 g/mol. The lowest BCUT2D eigenvalue weighted by Gasteiger charge is -2.32. The van der Waals surface area contributed by atoms with Crippen LogP contribution in [-0.2, 0) is 10.9 Å². The maximum atomic E-state index is 12.6. The van der Waals surface area contributed by atoms with Crippen molar-refractivity contribution in [2.75, 3.05) is 26.2 Å². The molecule has 2 atom stereocenters. The molecule has 0 radical (unpaired) electrons. The van der Waals surface area contributed by atoms with Crippen molar-refractivity contribution >= 4 is 0 Å². The molecule has 1 aliphatic rings. The lowest BCUT2D eigenvalue weighted by atomic mass is 10.2. The van der Waals surface area contributed by atoms with Gasteiger partial charge in [-0.3, -0.25) is 0 Å². The first-order chi connectivity index (χ1) is 9.84. The SMILES string of the molecule is CC1C[NH+](CCOc2cccc(C(F)(F)F)c2)CC(C)O1. The second-order valence-corrected chi connectivity index (χ2v) is 5.54. The van der Waals surface area contributed by atoms with Crippen LogP contribution in [0.3, 0.4) is 0 Å². The number of hydrogen-bond acceptors (Lipinski definition) is 2. The molecule has 6 heteroatoms. The van der Waals surface area contributed by atoms with Gasteiger partial charge in [0.15, 0.2) is 0 Å². The lowest BCUT2D eigenvalue weighted by molar-refractivity contribution is -0.915. The summed E-state index contributed by atoms with van der Waals surface area (Å²) in [4.78, 5) is 1.35. The van der Waals surface area contributed by atoms with E-state index in [1.807, 2.05) is 13.8 Å². The largest absolute Gasteiger partial charge is 0.488 e. The van der Waals surface area contributed by atoms with Gasteiger partial charge in [0.2, 0.25) is 0 Å². The average molecular weight is 304 g/mol. The van der Waals surface area contributed by atoms with E-state index in [1.165, 1.54) is 11.0 Å². The third-order valence-corrected chi connectivity index (χ3v) is 3.50. The van der Waals surface area contributed by atoms with Crippen LogP contribution in [0.2, 0.25) is 0 Å². The second-order valence-electron chi connectivity index (χ2n) is 5.54. The first-order valence-electron chi connectivity index (χ1n) is 7.13. The van der Waals surface area contributed by atoms with Gasteiger partial charge >= 0.3 is 6.18 Å². The predicted molar refractivity (Wildman–Crippen MR) is 72.5 cm³/mol. The average Bonchev–Trinajstić information content (AvgIpc) is 2.37. The highest BCUT2D eigenvalue weighted by Gasteiger charge is 2.30. The molecule has 21 heavy (non-hydrogen) atoms. The van der Waals surface area contributed by atoms with Gasteiger partial charge in [-0.25, -0.2) is 0 Å². The number of nitrogens with one attached hydrogen (secondary N) is 1.